The highest BCUT2D eigenvalue weighted by Crippen LogP contribution is 2.19. The fourth-order valence-corrected chi connectivity index (χ4v) is 1.53. The Labute approximate surface area is 106 Å². The normalized spacial score (nSPS) is 10.0. The molecule has 94 valence electrons. The third kappa shape index (κ3) is 3.31. The number of hydrogen-bond donors (Lipinski definition) is 2. The summed E-state index contributed by atoms with van der Waals surface area (Å²) in [7, 11) is 0. The standard InChI is InChI=1S/C14H16N2O2/c15-11-4-3-5-12(10-11)17-8-9-18-14-7-2-1-6-13(14)16/h1-7,10H,8-9,15-16H2. The second kappa shape index (κ2) is 5.82. The quantitative estimate of drug-likeness (QED) is 0.625. The summed E-state index contributed by atoms with van der Waals surface area (Å²) in [4.78, 5) is 0. The molecule has 0 fully saturated rings. The maximum Gasteiger partial charge on any atom is 0.142 e. The van der Waals surface area contributed by atoms with Crippen molar-refractivity contribution in [2.45, 2.75) is 0 Å². The topological polar surface area (TPSA) is 70.5 Å². The molecular weight excluding hydrogens is 228 g/mol. The van der Waals surface area contributed by atoms with Crippen LogP contribution in [0.15, 0.2) is 48.5 Å². The van der Waals surface area contributed by atoms with Crippen LogP contribution in [-0.2, 0) is 0 Å². The summed E-state index contributed by atoms with van der Waals surface area (Å²) in [5.41, 5.74) is 12.7. The molecule has 0 aliphatic carbocycles. The van der Waals surface area contributed by atoms with Gasteiger partial charge in [0.05, 0.1) is 5.69 Å². The van der Waals surface area contributed by atoms with Crippen molar-refractivity contribution in [3.63, 3.8) is 0 Å². The van der Waals surface area contributed by atoms with Gasteiger partial charge in [-0.3, -0.25) is 0 Å². The van der Waals surface area contributed by atoms with E-state index in [1.165, 1.54) is 0 Å². The molecular formula is C14H16N2O2. The molecule has 0 bridgehead atoms. The molecule has 0 saturated carbocycles. The van der Waals surface area contributed by atoms with E-state index in [0.717, 1.165) is 5.75 Å². The molecule has 4 nitrogen and oxygen atoms in total. The predicted octanol–water partition coefficient (Wildman–Crippen LogP) is 2.31. The van der Waals surface area contributed by atoms with Crippen LogP contribution in [0.5, 0.6) is 11.5 Å². The van der Waals surface area contributed by atoms with E-state index in [0.29, 0.717) is 30.3 Å². The fourth-order valence-electron chi connectivity index (χ4n) is 1.53. The lowest BCUT2D eigenvalue weighted by atomic mass is 10.3. The van der Waals surface area contributed by atoms with Gasteiger partial charge in [-0.2, -0.15) is 0 Å². The average Bonchev–Trinajstić information content (AvgIpc) is 2.37. The first-order chi connectivity index (χ1) is 8.75. The van der Waals surface area contributed by atoms with Gasteiger partial charge in [0.1, 0.15) is 24.7 Å². The van der Waals surface area contributed by atoms with Crippen LogP contribution in [0.25, 0.3) is 0 Å². The highest BCUT2D eigenvalue weighted by atomic mass is 16.5. The molecule has 4 N–H and O–H groups in total. The van der Waals surface area contributed by atoms with E-state index in [2.05, 4.69) is 0 Å². The Hall–Kier alpha value is -2.36. The van der Waals surface area contributed by atoms with Crippen LogP contribution < -0.4 is 20.9 Å². The summed E-state index contributed by atoms with van der Waals surface area (Å²) in [6.45, 7) is 0.876. The lowest BCUT2D eigenvalue weighted by molar-refractivity contribution is 0.218. The van der Waals surface area contributed by atoms with Gasteiger partial charge >= 0.3 is 0 Å². The smallest absolute Gasteiger partial charge is 0.142 e. The van der Waals surface area contributed by atoms with E-state index in [9.17, 15) is 0 Å². The summed E-state index contributed by atoms with van der Waals surface area (Å²) in [6, 6.07) is 14.7. The Balaban J connectivity index is 1.78. The second-order valence-corrected chi connectivity index (χ2v) is 3.81. The maximum atomic E-state index is 5.75. The zero-order valence-corrected chi connectivity index (χ0v) is 10.0. The zero-order chi connectivity index (χ0) is 12.8. The van der Waals surface area contributed by atoms with Gasteiger partial charge in [-0.25, -0.2) is 0 Å². The Morgan fingerprint density at radius 3 is 2.39 bits per heavy atom. The van der Waals surface area contributed by atoms with Crippen molar-refractivity contribution >= 4 is 11.4 Å². The fraction of sp³-hybridized carbons (Fsp3) is 0.143. The van der Waals surface area contributed by atoms with Crippen molar-refractivity contribution in [2.75, 3.05) is 24.7 Å². The first-order valence-electron chi connectivity index (χ1n) is 5.71. The molecule has 0 atom stereocenters. The Morgan fingerprint density at radius 1 is 0.833 bits per heavy atom. The molecule has 0 amide bonds. The van der Waals surface area contributed by atoms with Gasteiger partial charge in [0.15, 0.2) is 0 Å². The average molecular weight is 244 g/mol. The van der Waals surface area contributed by atoms with Gasteiger partial charge in [0.2, 0.25) is 0 Å². The van der Waals surface area contributed by atoms with Gasteiger partial charge in [-0.05, 0) is 24.3 Å². The first kappa shape index (κ1) is 12.1. The van der Waals surface area contributed by atoms with Gasteiger partial charge in [0, 0.05) is 11.8 Å². The van der Waals surface area contributed by atoms with E-state index < -0.39 is 0 Å². The Bertz CT molecular complexity index is 515. The van der Waals surface area contributed by atoms with Crippen LogP contribution in [0.4, 0.5) is 11.4 Å². The minimum absolute atomic E-state index is 0.434. The molecule has 4 heteroatoms. The number of para-hydroxylation sites is 2. The second-order valence-electron chi connectivity index (χ2n) is 3.81. The number of rotatable bonds is 5. The van der Waals surface area contributed by atoms with Crippen LogP contribution in [-0.4, -0.2) is 13.2 Å². The SMILES string of the molecule is Nc1cccc(OCCOc2ccccc2N)c1. The number of nitrogens with two attached hydrogens (primary N) is 2. The van der Waals surface area contributed by atoms with Crippen LogP contribution in [0.3, 0.4) is 0 Å². The van der Waals surface area contributed by atoms with Gasteiger partial charge in [-0.1, -0.05) is 18.2 Å². The molecule has 2 aromatic rings. The predicted molar refractivity (Wildman–Crippen MR) is 72.7 cm³/mol. The van der Waals surface area contributed by atoms with E-state index >= 15 is 0 Å². The van der Waals surface area contributed by atoms with Crippen molar-refractivity contribution in [2.24, 2.45) is 0 Å². The molecule has 0 aliphatic rings. The summed E-state index contributed by atoms with van der Waals surface area (Å²) in [6.07, 6.45) is 0. The zero-order valence-electron chi connectivity index (χ0n) is 10.0. The summed E-state index contributed by atoms with van der Waals surface area (Å²) < 4.78 is 11.0. The largest absolute Gasteiger partial charge is 0.490 e. The lowest BCUT2D eigenvalue weighted by Gasteiger charge is -2.10. The minimum atomic E-state index is 0.434. The molecule has 2 aromatic carbocycles. The highest BCUT2D eigenvalue weighted by molar-refractivity contribution is 5.51. The number of anilines is 2. The van der Waals surface area contributed by atoms with Crippen LogP contribution >= 0.6 is 0 Å². The van der Waals surface area contributed by atoms with Crippen molar-refractivity contribution in [3.8, 4) is 11.5 Å². The molecule has 0 spiro atoms. The molecule has 0 heterocycles. The van der Waals surface area contributed by atoms with Gasteiger partial charge in [-0.15, -0.1) is 0 Å². The molecule has 0 aliphatic heterocycles. The Morgan fingerprint density at radius 2 is 1.61 bits per heavy atom. The number of ether oxygens (including phenoxy) is 2. The molecule has 0 unspecified atom stereocenters. The van der Waals surface area contributed by atoms with Crippen molar-refractivity contribution < 1.29 is 9.47 Å². The minimum Gasteiger partial charge on any atom is -0.490 e. The molecule has 2 rings (SSSR count). The third-order valence-corrected chi connectivity index (χ3v) is 2.39. The van der Waals surface area contributed by atoms with E-state index in [4.69, 9.17) is 20.9 Å². The van der Waals surface area contributed by atoms with Gasteiger partial charge < -0.3 is 20.9 Å². The monoisotopic (exact) mass is 244 g/mol. The van der Waals surface area contributed by atoms with Crippen molar-refractivity contribution in [1.82, 2.24) is 0 Å². The third-order valence-electron chi connectivity index (χ3n) is 2.39. The van der Waals surface area contributed by atoms with Crippen LogP contribution in [0.2, 0.25) is 0 Å². The summed E-state index contributed by atoms with van der Waals surface area (Å²) >= 11 is 0. The number of hydrogen-bond acceptors (Lipinski definition) is 4. The van der Waals surface area contributed by atoms with Crippen molar-refractivity contribution in [1.29, 1.82) is 0 Å². The van der Waals surface area contributed by atoms with Crippen LogP contribution in [0, 0.1) is 0 Å². The molecule has 0 aromatic heterocycles. The number of benzene rings is 2. The van der Waals surface area contributed by atoms with Crippen molar-refractivity contribution in [3.05, 3.63) is 48.5 Å². The maximum absolute atomic E-state index is 5.75. The summed E-state index contributed by atoms with van der Waals surface area (Å²) in [5.74, 6) is 1.41. The molecule has 0 radical (unpaired) electrons. The van der Waals surface area contributed by atoms with E-state index in [1.807, 2.05) is 36.4 Å². The van der Waals surface area contributed by atoms with E-state index in [1.54, 1.807) is 12.1 Å². The summed E-state index contributed by atoms with van der Waals surface area (Å²) in [5, 5.41) is 0. The Kier molecular flexibility index (Phi) is 3.91. The van der Waals surface area contributed by atoms with Crippen LogP contribution in [0.1, 0.15) is 0 Å². The number of nitrogen functional groups attached to an aromatic ring is 2. The molecule has 0 saturated heterocycles. The highest BCUT2D eigenvalue weighted by Gasteiger charge is 1.99. The molecule has 18 heavy (non-hydrogen) atoms. The van der Waals surface area contributed by atoms with Gasteiger partial charge in [0.25, 0.3) is 0 Å². The lowest BCUT2D eigenvalue weighted by Crippen LogP contribution is -2.09. The first-order valence-corrected chi connectivity index (χ1v) is 5.71. The van der Waals surface area contributed by atoms with E-state index in [-0.39, 0.29) is 0 Å².